The number of anilines is 1. The second kappa shape index (κ2) is 4.48. The molecule has 98 valence electrons. The average molecular weight is 251 g/mol. The van der Waals surface area contributed by atoms with E-state index < -0.39 is 5.60 Å². The third-order valence-electron chi connectivity index (χ3n) is 4.23. The predicted octanol–water partition coefficient (Wildman–Crippen LogP) is 0.771. The van der Waals surface area contributed by atoms with Gasteiger partial charge in [0.15, 0.2) is 5.82 Å². The lowest BCUT2D eigenvalue weighted by Crippen LogP contribution is -2.59. The molecule has 1 aromatic rings. The Morgan fingerprint density at radius 1 is 1.50 bits per heavy atom. The number of aromatic nitrogens is 1. The van der Waals surface area contributed by atoms with E-state index in [0.29, 0.717) is 25.2 Å². The smallest absolute Gasteiger partial charge is 0.164 e. The topological polar surface area (TPSA) is 48.4 Å². The lowest BCUT2D eigenvalue weighted by atomic mass is 9.76. The van der Waals surface area contributed by atoms with E-state index in [9.17, 15) is 9.50 Å². The molecule has 1 aromatic heterocycles. The molecule has 0 saturated carbocycles. The van der Waals surface area contributed by atoms with Gasteiger partial charge < -0.3 is 15.3 Å². The molecule has 3 rings (SSSR count). The molecule has 0 aromatic carbocycles. The number of halogens is 1. The van der Waals surface area contributed by atoms with E-state index in [1.165, 1.54) is 6.20 Å². The largest absolute Gasteiger partial charge is 0.389 e. The summed E-state index contributed by atoms with van der Waals surface area (Å²) in [5.41, 5.74) is 0.0308. The predicted molar refractivity (Wildman–Crippen MR) is 67.0 cm³/mol. The van der Waals surface area contributed by atoms with Crippen molar-refractivity contribution in [3.8, 4) is 0 Å². The van der Waals surface area contributed by atoms with E-state index in [2.05, 4.69) is 10.3 Å². The summed E-state index contributed by atoms with van der Waals surface area (Å²) >= 11 is 0. The first-order chi connectivity index (χ1) is 8.69. The fourth-order valence-corrected chi connectivity index (χ4v) is 3.07. The van der Waals surface area contributed by atoms with Crippen LogP contribution in [0.25, 0.3) is 0 Å². The highest BCUT2D eigenvalue weighted by Gasteiger charge is 2.43. The summed E-state index contributed by atoms with van der Waals surface area (Å²) in [5.74, 6) is -0.112. The van der Waals surface area contributed by atoms with E-state index in [-0.39, 0.29) is 11.7 Å². The van der Waals surface area contributed by atoms with Crippen molar-refractivity contribution in [2.75, 3.05) is 31.1 Å². The maximum atomic E-state index is 13.7. The van der Waals surface area contributed by atoms with E-state index >= 15 is 0 Å². The highest BCUT2D eigenvalue weighted by atomic mass is 19.1. The summed E-state index contributed by atoms with van der Waals surface area (Å²) < 4.78 is 13.7. The van der Waals surface area contributed by atoms with Gasteiger partial charge in [0.25, 0.3) is 0 Å². The van der Waals surface area contributed by atoms with Crippen molar-refractivity contribution in [3.05, 3.63) is 24.3 Å². The van der Waals surface area contributed by atoms with Crippen LogP contribution < -0.4 is 10.2 Å². The molecule has 5 heteroatoms. The molecule has 0 spiro atoms. The number of nitrogens with zero attached hydrogens (tertiary/aromatic N) is 2. The van der Waals surface area contributed by atoms with E-state index in [1.807, 2.05) is 4.90 Å². The van der Waals surface area contributed by atoms with Gasteiger partial charge in [0.05, 0.1) is 17.5 Å². The van der Waals surface area contributed by atoms with Crippen LogP contribution >= 0.6 is 0 Å². The first-order valence-electron chi connectivity index (χ1n) is 6.47. The quantitative estimate of drug-likeness (QED) is 0.774. The van der Waals surface area contributed by atoms with Crippen molar-refractivity contribution in [3.63, 3.8) is 0 Å². The maximum Gasteiger partial charge on any atom is 0.164 e. The molecule has 0 aliphatic carbocycles. The van der Waals surface area contributed by atoms with Crippen LogP contribution in [0.1, 0.15) is 12.8 Å². The van der Waals surface area contributed by atoms with Gasteiger partial charge in [-0.1, -0.05) is 0 Å². The van der Waals surface area contributed by atoms with Gasteiger partial charge in [0.2, 0.25) is 0 Å². The monoisotopic (exact) mass is 251 g/mol. The number of hydrogen-bond acceptors (Lipinski definition) is 4. The first-order valence-corrected chi connectivity index (χ1v) is 6.47. The number of nitrogens with one attached hydrogen (secondary N) is 1. The first kappa shape index (κ1) is 11.9. The Labute approximate surface area is 106 Å². The van der Waals surface area contributed by atoms with Crippen molar-refractivity contribution >= 4 is 5.69 Å². The standard InChI is InChI=1S/C13H18FN3O/c14-11-8-15-4-1-12(11)17-6-3-13(18)2-5-16-7-10(13)9-17/h1,4,8,10,16,18H,2-3,5-7,9H2/t10-,13-/m1/s1. The van der Waals surface area contributed by atoms with Crippen LogP contribution in [0.4, 0.5) is 10.1 Å². The minimum absolute atomic E-state index is 0.174. The molecule has 2 fully saturated rings. The second-order valence-electron chi connectivity index (χ2n) is 5.28. The molecule has 0 amide bonds. The van der Waals surface area contributed by atoms with Crippen molar-refractivity contribution in [2.45, 2.75) is 18.4 Å². The minimum atomic E-state index is -0.564. The Kier molecular flexibility index (Phi) is 2.95. The molecule has 2 atom stereocenters. The Balaban J connectivity index is 1.80. The van der Waals surface area contributed by atoms with Gasteiger partial charge >= 0.3 is 0 Å². The zero-order valence-electron chi connectivity index (χ0n) is 10.3. The SMILES string of the molecule is O[C@@]12CCNC[C@@H]1CN(c1ccncc1F)CC2. The molecule has 2 saturated heterocycles. The van der Waals surface area contributed by atoms with Gasteiger partial charge in [-0.3, -0.25) is 4.98 Å². The molecule has 0 unspecified atom stereocenters. The summed E-state index contributed by atoms with van der Waals surface area (Å²) in [7, 11) is 0. The summed E-state index contributed by atoms with van der Waals surface area (Å²) in [5, 5.41) is 13.9. The molecular weight excluding hydrogens is 233 g/mol. The summed E-state index contributed by atoms with van der Waals surface area (Å²) in [6.07, 6.45) is 4.36. The minimum Gasteiger partial charge on any atom is -0.389 e. The molecule has 3 heterocycles. The molecule has 2 N–H and O–H groups in total. The van der Waals surface area contributed by atoms with Gasteiger partial charge in [-0.15, -0.1) is 0 Å². The third-order valence-corrected chi connectivity index (χ3v) is 4.23. The van der Waals surface area contributed by atoms with E-state index in [0.717, 1.165) is 19.5 Å². The summed E-state index contributed by atoms with van der Waals surface area (Å²) in [6, 6.07) is 1.70. The average Bonchev–Trinajstić information content (AvgIpc) is 2.38. The molecular formula is C13H18FN3O. The number of hydrogen-bond donors (Lipinski definition) is 2. The van der Waals surface area contributed by atoms with Crippen molar-refractivity contribution in [1.82, 2.24) is 10.3 Å². The van der Waals surface area contributed by atoms with Gasteiger partial charge in [-0.05, 0) is 25.5 Å². The fraction of sp³-hybridized carbons (Fsp3) is 0.615. The lowest BCUT2D eigenvalue weighted by Gasteiger charge is -2.48. The molecule has 2 aliphatic heterocycles. The third kappa shape index (κ3) is 1.97. The number of piperidine rings is 2. The zero-order chi connectivity index (χ0) is 12.6. The Hall–Kier alpha value is -1.20. The van der Waals surface area contributed by atoms with Crippen LogP contribution in [-0.2, 0) is 0 Å². The van der Waals surface area contributed by atoms with Crippen LogP contribution in [0.2, 0.25) is 0 Å². The van der Waals surface area contributed by atoms with Crippen LogP contribution in [0.15, 0.2) is 18.5 Å². The maximum absolute atomic E-state index is 13.7. The van der Waals surface area contributed by atoms with Crippen molar-refractivity contribution in [2.24, 2.45) is 5.92 Å². The Morgan fingerprint density at radius 3 is 3.22 bits per heavy atom. The van der Waals surface area contributed by atoms with Gasteiger partial charge in [0.1, 0.15) is 0 Å². The zero-order valence-corrected chi connectivity index (χ0v) is 10.3. The summed E-state index contributed by atoms with van der Waals surface area (Å²) in [4.78, 5) is 5.79. The van der Waals surface area contributed by atoms with Gasteiger partial charge in [-0.2, -0.15) is 0 Å². The number of aliphatic hydroxyl groups is 1. The molecule has 0 radical (unpaired) electrons. The highest BCUT2D eigenvalue weighted by Crippen LogP contribution is 2.35. The normalized spacial score (nSPS) is 32.1. The van der Waals surface area contributed by atoms with Crippen LogP contribution in [0.3, 0.4) is 0 Å². The molecule has 18 heavy (non-hydrogen) atoms. The van der Waals surface area contributed by atoms with Crippen molar-refractivity contribution < 1.29 is 9.50 Å². The molecule has 0 bridgehead atoms. The molecule has 4 nitrogen and oxygen atoms in total. The van der Waals surface area contributed by atoms with Crippen LogP contribution in [0, 0.1) is 11.7 Å². The van der Waals surface area contributed by atoms with Gasteiger partial charge in [-0.25, -0.2) is 4.39 Å². The van der Waals surface area contributed by atoms with Crippen molar-refractivity contribution in [1.29, 1.82) is 0 Å². The van der Waals surface area contributed by atoms with E-state index in [1.54, 1.807) is 12.3 Å². The Morgan fingerprint density at radius 2 is 2.39 bits per heavy atom. The number of rotatable bonds is 1. The molecule has 2 aliphatic rings. The second-order valence-corrected chi connectivity index (χ2v) is 5.28. The number of fused-ring (bicyclic) bond motifs is 1. The fourth-order valence-electron chi connectivity index (χ4n) is 3.07. The Bertz CT molecular complexity index is 442. The highest BCUT2D eigenvalue weighted by molar-refractivity contribution is 5.47. The lowest BCUT2D eigenvalue weighted by molar-refractivity contribution is -0.0539. The summed E-state index contributed by atoms with van der Waals surface area (Å²) in [6.45, 7) is 3.08. The van der Waals surface area contributed by atoms with Crippen LogP contribution in [-0.4, -0.2) is 41.9 Å². The van der Waals surface area contributed by atoms with Gasteiger partial charge in [0, 0.05) is 31.7 Å². The number of pyridine rings is 1. The van der Waals surface area contributed by atoms with Crippen LogP contribution in [0.5, 0.6) is 0 Å². The van der Waals surface area contributed by atoms with E-state index in [4.69, 9.17) is 0 Å².